The van der Waals surface area contributed by atoms with Crippen molar-refractivity contribution >= 4 is 17.3 Å². The zero-order chi connectivity index (χ0) is 10.7. The fraction of sp³-hybridized carbons (Fsp3) is 0.222. The first-order chi connectivity index (χ1) is 6.50. The number of hydrogen-bond acceptors (Lipinski definition) is 3. The van der Waals surface area contributed by atoms with Gasteiger partial charge in [-0.3, -0.25) is 4.79 Å². The summed E-state index contributed by atoms with van der Waals surface area (Å²) in [5.41, 5.74) is 5.82. The number of carboxylic acid groups (broad SMARTS) is 1. The molecule has 0 spiro atoms. The fourth-order valence-corrected chi connectivity index (χ4v) is 1.05. The van der Waals surface area contributed by atoms with Gasteiger partial charge in [-0.15, -0.1) is 0 Å². The van der Waals surface area contributed by atoms with Gasteiger partial charge in [-0.05, 0) is 18.2 Å². The van der Waals surface area contributed by atoms with Gasteiger partial charge in [0.15, 0.2) is 0 Å². The maximum absolute atomic E-state index is 13.0. The predicted octanol–water partition coefficient (Wildman–Crippen LogP) is 0.929. The van der Waals surface area contributed by atoms with Crippen LogP contribution in [0.2, 0.25) is 0 Å². The number of anilines is 2. The third-order valence-corrected chi connectivity index (χ3v) is 1.80. The molecule has 0 aliphatic heterocycles. The molecule has 1 aromatic rings. The lowest BCUT2D eigenvalue weighted by atomic mass is 10.2. The van der Waals surface area contributed by atoms with Crippen molar-refractivity contribution in [2.75, 3.05) is 24.2 Å². The van der Waals surface area contributed by atoms with Crippen molar-refractivity contribution in [1.82, 2.24) is 0 Å². The molecule has 76 valence electrons. The molecule has 0 fully saturated rings. The third kappa shape index (κ3) is 2.35. The summed E-state index contributed by atoms with van der Waals surface area (Å²) in [6, 6.07) is 4.18. The Kier molecular flexibility index (Phi) is 2.91. The molecule has 0 bridgehead atoms. The first kappa shape index (κ1) is 10.3. The van der Waals surface area contributed by atoms with Gasteiger partial charge in [-0.1, -0.05) is 0 Å². The number of carboxylic acids is 1. The summed E-state index contributed by atoms with van der Waals surface area (Å²) in [5, 5.41) is 8.51. The van der Waals surface area contributed by atoms with Crippen molar-refractivity contribution < 1.29 is 14.3 Å². The average molecular weight is 198 g/mol. The highest BCUT2D eigenvalue weighted by Crippen LogP contribution is 2.18. The summed E-state index contributed by atoms with van der Waals surface area (Å²) in [6.45, 7) is -0.177. The average Bonchev–Trinajstić information content (AvgIpc) is 2.08. The standard InChI is InChI=1S/C9H11FN2O2/c1-12(5-9(13)14)6-2-3-8(11)7(10)4-6/h2-4H,5,11H2,1H3,(H,13,14). The number of aliphatic carboxylic acids is 1. The molecule has 0 saturated carbocycles. The number of rotatable bonds is 3. The van der Waals surface area contributed by atoms with Crippen molar-refractivity contribution in [1.29, 1.82) is 0 Å². The molecule has 0 aliphatic carbocycles. The summed E-state index contributed by atoms with van der Waals surface area (Å²) in [6.07, 6.45) is 0. The molecule has 4 nitrogen and oxygen atoms in total. The van der Waals surface area contributed by atoms with Crippen molar-refractivity contribution in [3.05, 3.63) is 24.0 Å². The molecule has 0 unspecified atom stereocenters. The van der Waals surface area contributed by atoms with Gasteiger partial charge in [0.2, 0.25) is 0 Å². The predicted molar refractivity (Wildman–Crippen MR) is 51.7 cm³/mol. The van der Waals surface area contributed by atoms with Gasteiger partial charge in [0.25, 0.3) is 0 Å². The van der Waals surface area contributed by atoms with E-state index in [0.717, 1.165) is 0 Å². The number of halogens is 1. The quantitative estimate of drug-likeness (QED) is 0.709. The lowest BCUT2D eigenvalue weighted by Crippen LogP contribution is -2.25. The minimum absolute atomic E-state index is 0.0532. The molecule has 0 aliphatic rings. The van der Waals surface area contributed by atoms with Crippen LogP contribution in [-0.2, 0) is 4.79 Å². The van der Waals surface area contributed by atoms with Crippen LogP contribution in [-0.4, -0.2) is 24.7 Å². The van der Waals surface area contributed by atoms with E-state index in [1.165, 1.54) is 17.0 Å². The molecular formula is C9H11FN2O2. The molecule has 0 aromatic heterocycles. The van der Waals surface area contributed by atoms with E-state index in [9.17, 15) is 9.18 Å². The van der Waals surface area contributed by atoms with Crippen LogP contribution in [0.3, 0.4) is 0 Å². The van der Waals surface area contributed by atoms with E-state index in [0.29, 0.717) is 5.69 Å². The third-order valence-electron chi connectivity index (χ3n) is 1.80. The first-order valence-electron chi connectivity index (χ1n) is 3.98. The molecule has 5 heteroatoms. The number of likely N-dealkylation sites (N-methyl/N-ethyl adjacent to an activating group) is 1. The van der Waals surface area contributed by atoms with Crippen molar-refractivity contribution in [3.63, 3.8) is 0 Å². The molecule has 1 rings (SSSR count). The topological polar surface area (TPSA) is 66.6 Å². The van der Waals surface area contributed by atoms with Crippen molar-refractivity contribution in [3.8, 4) is 0 Å². The Labute approximate surface area is 80.7 Å². The largest absolute Gasteiger partial charge is 0.480 e. The number of nitrogen functional groups attached to an aromatic ring is 1. The number of nitrogens with two attached hydrogens (primary N) is 1. The van der Waals surface area contributed by atoms with Crippen molar-refractivity contribution in [2.45, 2.75) is 0 Å². The normalized spacial score (nSPS) is 9.86. The van der Waals surface area contributed by atoms with Crippen molar-refractivity contribution in [2.24, 2.45) is 0 Å². The van der Waals surface area contributed by atoms with E-state index >= 15 is 0 Å². The smallest absolute Gasteiger partial charge is 0.323 e. The van der Waals surface area contributed by atoms with Gasteiger partial charge in [0.05, 0.1) is 5.69 Å². The minimum Gasteiger partial charge on any atom is -0.480 e. The van der Waals surface area contributed by atoms with E-state index in [1.807, 2.05) is 0 Å². The van der Waals surface area contributed by atoms with Crippen LogP contribution in [0.4, 0.5) is 15.8 Å². The van der Waals surface area contributed by atoms with E-state index < -0.39 is 11.8 Å². The van der Waals surface area contributed by atoms with E-state index in [1.54, 1.807) is 13.1 Å². The van der Waals surface area contributed by atoms with Crippen LogP contribution in [0.1, 0.15) is 0 Å². The minimum atomic E-state index is -0.968. The summed E-state index contributed by atoms with van der Waals surface area (Å²) in [5.74, 6) is -1.51. The SMILES string of the molecule is CN(CC(=O)O)c1ccc(N)c(F)c1. The highest BCUT2D eigenvalue weighted by Gasteiger charge is 2.07. The van der Waals surface area contributed by atoms with E-state index in [2.05, 4.69) is 0 Å². The summed E-state index contributed by atoms with van der Waals surface area (Å²) in [4.78, 5) is 11.8. The van der Waals surface area contributed by atoms with Gasteiger partial charge in [0.1, 0.15) is 12.4 Å². The Hall–Kier alpha value is -1.78. The zero-order valence-corrected chi connectivity index (χ0v) is 7.70. The highest BCUT2D eigenvalue weighted by molar-refractivity contribution is 5.73. The first-order valence-corrected chi connectivity index (χ1v) is 3.98. The Morgan fingerprint density at radius 3 is 2.79 bits per heavy atom. The monoisotopic (exact) mass is 198 g/mol. The molecule has 0 amide bonds. The Balaban J connectivity index is 2.85. The highest BCUT2D eigenvalue weighted by atomic mass is 19.1. The van der Waals surface area contributed by atoms with E-state index in [-0.39, 0.29) is 12.2 Å². The second-order valence-electron chi connectivity index (χ2n) is 2.96. The molecule has 3 N–H and O–H groups in total. The molecule has 14 heavy (non-hydrogen) atoms. The second-order valence-corrected chi connectivity index (χ2v) is 2.96. The molecule has 0 radical (unpaired) electrons. The van der Waals surface area contributed by atoms with Crippen LogP contribution in [0.25, 0.3) is 0 Å². The summed E-state index contributed by atoms with van der Waals surface area (Å²) in [7, 11) is 1.57. The van der Waals surface area contributed by atoms with E-state index in [4.69, 9.17) is 10.8 Å². The van der Waals surface area contributed by atoms with Gasteiger partial charge in [-0.25, -0.2) is 4.39 Å². The molecule has 0 heterocycles. The maximum Gasteiger partial charge on any atom is 0.323 e. The number of nitrogens with zero attached hydrogens (tertiary/aromatic N) is 1. The molecule has 0 saturated heterocycles. The van der Waals surface area contributed by atoms with Crippen LogP contribution >= 0.6 is 0 Å². The van der Waals surface area contributed by atoms with Crippen LogP contribution in [0.5, 0.6) is 0 Å². The molecule has 0 atom stereocenters. The van der Waals surface area contributed by atoms with Crippen LogP contribution in [0, 0.1) is 5.82 Å². The number of carbonyl (C=O) groups is 1. The Morgan fingerprint density at radius 1 is 1.64 bits per heavy atom. The summed E-state index contributed by atoms with van der Waals surface area (Å²) < 4.78 is 13.0. The molecular weight excluding hydrogens is 187 g/mol. The van der Waals surface area contributed by atoms with Gasteiger partial charge < -0.3 is 15.7 Å². The fourth-order valence-electron chi connectivity index (χ4n) is 1.05. The second kappa shape index (κ2) is 3.95. The van der Waals surface area contributed by atoms with Gasteiger partial charge in [-0.2, -0.15) is 0 Å². The van der Waals surface area contributed by atoms with Gasteiger partial charge >= 0.3 is 5.97 Å². The zero-order valence-electron chi connectivity index (χ0n) is 7.70. The van der Waals surface area contributed by atoms with Gasteiger partial charge in [0, 0.05) is 12.7 Å². The van der Waals surface area contributed by atoms with Crippen LogP contribution < -0.4 is 10.6 Å². The van der Waals surface area contributed by atoms with Crippen LogP contribution in [0.15, 0.2) is 18.2 Å². The maximum atomic E-state index is 13.0. The molecule has 1 aromatic carbocycles. The number of benzene rings is 1. The Morgan fingerprint density at radius 2 is 2.29 bits per heavy atom. The lowest BCUT2D eigenvalue weighted by molar-refractivity contribution is -0.135. The lowest BCUT2D eigenvalue weighted by Gasteiger charge is -2.16. The summed E-state index contributed by atoms with van der Waals surface area (Å²) >= 11 is 0. The number of hydrogen-bond donors (Lipinski definition) is 2. The Bertz CT molecular complexity index is 355.